The molecule has 0 aliphatic heterocycles. The fourth-order valence-corrected chi connectivity index (χ4v) is 2.01. The van der Waals surface area contributed by atoms with E-state index in [1.807, 2.05) is 12.1 Å². The molecule has 2 rings (SSSR count). The second-order valence-corrected chi connectivity index (χ2v) is 5.31. The zero-order valence-electron chi connectivity index (χ0n) is 11.8. The molecule has 0 amide bonds. The van der Waals surface area contributed by atoms with Gasteiger partial charge in [-0.3, -0.25) is 0 Å². The smallest absolute Gasteiger partial charge is 0.0996 e. The molecule has 0 fully saturated rings. The van der Waals surface area contributed by atoms with Crippen molar-refractivity contribution < 1.29 is 4.74 Å². The van der Waals surface area contributed by atoms with Crippen LogP contribution in [0.5, 0.6) is 0 Å². The van der Waals surface area contributed by atoms with Crippen molar-refractivity contribution in [2.75, 3.05) is 12.9 Å². The number of hydrogen-bond acceptors (Lipinski definition) is 3. The molecular weight excluding hydrogens is 284 g/mol. The van der Waals surface area contributed by atoms with Gasteiger partial charge in [-0.15, -0.1) is 12.6 Å². The summed E-state index contributed by atoms with van der Waals surface area (Å²) in [4.78, 5) is 0. The van der Waals surface area contributed by atoms with Crippen molar-refractivity contribution in [1.82, 2.24) is 0 Å². The van der Waals surface area contributed by atoms with Crippen LogP contribution in [0.3, 0.4) is 0 Å². The van der Waals surface area contributed by atoms with Crippen LogP contribution in [0.25, 0.3) is 11.1 Å². The van der Waals surface area contributed by atoms with E-state index in [0.29, 0.717) is 0 Å². The number of benzene rings is 2. The van der Waals surface area contributed by atoms with Crippen molar-refractivity contribution >= 4 is 25.3 Å². The molecule has 108 valence electrons. The normalized spacial score (nSPS) is 11.3. The zero-order chi connectivity index (χ0) is 14.6. The summed E-state index contributed by atoms with van der Waals surface area (Å²) in [5.41, 5.74) is 2.65. The molecule has 2 aromatic carbocycles. The first-order chi connectivity index (χ1) is 9.77. The summed E-state index contributed by atoms with van der Waals surface area (Å²) in [6, 6.07) is 20.8. The predicted molar refractivity (Wildman–Crippen MR) is 94.7 cm³/mol. The van der Waals surface area contributed by atoms with Crippen molar-refractivity contribution in [1.29, 1.82) is 0 Å². The lowest BCUT2D eigenvalue weighted by molar-refractivity contribution is 0.167. The molecular formula is C17H22OS2. The minimum Gasteiger partial charge on any atom is -0.371 e. The van der Waals surface area contributed by atoms with Gasteiger partial charge in [-0.2, -0.15) is 12.6 Å². The second kappa shape index (κ2) is 10.8. The summed E-state index contributed by atoms with van der Waals surface area (Å²) in [5.74, 6) is 0.917. The van der Waals surface area contributed by atoms with Gasteiger partial charge in [-0.05, 0) is 29.7 Å². The highest BCUT2D eigenvalue weighted by molar-refractivity contribution is 7.80. The Kier molecular flexibility index (Phi) is 9.29. The van der Waals surface area contributed by atoms with E-state index in [4.69, 9.17) is 4.74 Å². The minimum absolute atomic E-state index is 0.0992. The molecule has 0 bridgehead atoms. The van der Waals surface area contributed by atoms with E-state index in [9.17, 15) is 0 Å². The van der Waals surface area contributed by atoms with Gasteiger partial charge in [-0.25, -0.2) is 0 Å². The Morgan fingerprint density at radius 1 is 0.900 bits per heavy atom. The highest BCUT2D eigenvalue weighted by atomic mass is 32.1. The van der Waals surface area contributed by atoms with Crippen LogP contribution in [-0.4, -0.2) is 18.3 Å². The highest BCUT2D eigenvalue weighted by Gasteiger charge is 1.96. The van der Waals surface area contributed by atoms with Gasteiger partial charge >= 0.3 is 0 Å². The van der Waals surface area contributed by atoms with E-state index in [1.165, 1.54) is 11.1 Å². The van der Waals surface area contributed by atoms with Crippen LogP contribution in [0.1, 0.15) is 12.8 Å². The van der Waals surface area contributed by atoms with Gasteiger partial charge in [0.1, 0.15) is 0 Å². The molecule has 0 radical (unpaired) electrons. The standard InChI is InChI=1S/C12H10.C5H12OS2/c1-3-7-11(8-4-1)12-9-5-2-6-10-12;1-6-5(8)3-2-4-7/h1-10H;5,7-8H,2-4H2,1H3. The molecule has 1 atom stereocenters. The molecule has 3 heteroatoms. The molecule has 1 unspecified atom stereocenters. The molecule has 2 aromatic rings. The van der Waals surface area contributed by atoms with E-state index in [2.05, 4.69) is 73.8 Å². The Labute approximate surface area is 133 Å². The van der Waals surface area contributed by atoms with E-state index in [0.717, 1.165) is 18.6 Å². The molecule has 0 N–H and O–H groups in total. The minimum atomic E-state index is 0.0992. The third-order valence-electron chi connectivity index (χ3n) is 2.76. The molecule has 0 saturated heterocycles. The quantitative estimate of drug-likeness (QED) is 0.587. The van der Waals surface area contributed by atoms with Crippen LogP contribution >= 0.6 is 25.3 Å². The maximum absolute atomic E-state index is 4.88. The maximum Gasteiger partial charge on any atom is 0.0996 e. The number of ether oxygens (including phenoxy) is 1. The average Bonchev–Trinajstić information content (AvgIpc) is 2.55. The van der Waals surface area contributed by atoms with Gasteiger partial charge in [0.2, 0.25) is 0 Å². The second-order valence-electron chi connectivity index (χ2n) is 4.29. The van der Waals surface area contributed by atoms with E-state index in [1.54, 1.807) is 7.11 Å². The molecule has 0 heterocycles. The van der Waals surface area contributed by atoms with Gasteiger partial charge in [-0.1, -0.05) is 60.7 Å². The largest absolute Gasteiger partial charge is 0.371 e. The molecule has 0 aromatic heterocycles. The lowest BCUT2D eigenvalue weighted by atomic mass is 10.1. The molecule has 0 aliphatic rings. The summed E-state index contributed by atoms with van der Waals surface area (Å²) in [7, 11) is 1.66. The maximum atomic E-state index is 4.88. The Bertz CT molecular complexity index is 408. The first-order valence-corrected chi connectivity index (χ1v) is 7.85. The number of rotatable bonds is 5. The molecule has 1 nitrogen and oxygen atoms in total. The Morgan fingerprint density at radius 3 is 1.70 bits per heavy atom. The number of methoxy groups -OCH3 is 1. The first-order valence-electron chi connectivity index (χ1n) is 6.70. The topological polar surface area (TPSA) is 9.23 Å². The monoisotopic (exact) mass is 306 g/mol. The fourth-order valence-electron chi connectivity index (χ4n) is 1.64. The summed E-state index contributed by atoms with van der Waals surface area (Å²) in [5, 5.41) is 0. The van der Waals surface area contributed by atoms with Gasteiger partial charge in [0.15, 0.2) is 0 Å². The van der Waals surface area contributed by atoms with E-state index >= 15 is 0 Å². The summed E-state index contributed by atoms with van der Waals surface area (Å²) in [6.45, 7) is 0. The highest BCUT2D eigenvalue weighted by Crippen LogP contribution is 2.17. The molecule has 0 saturated carbocycles. The van der Waals surface area contributed by atoms with Crippen LogP contribution in [-0.2, 0) is 4.74 Å². The predicted octanol–water partition coefficient (Wildman–Crippen LogP) is 4.95. The average molecular weight is 306 g/mol. The van der Waals surface area contributed by atoms with Gasteiger partial charge in [0.05, 0.1) is 5.44 Å². The van der Waals surface area contributed by atoms with Gasteiger partial charge < -0.3 is 4.74 Å². The van der Waals surface area contributed by atoms with Gasteiger partial charge in [0, 0.05) is 7.11 Å². The molecule has 0 spiro atoms. The van der Waals surface area contributed by atoms with Crippen LogP contribution in [0.15, 0.2) is 60.7 Å². The third kappa shape index (κ3) is 7.04. The summed E-state index contributed by atoms with van der Waals surface area (Å²) in [6.07, 6.45) is 2.06. The zero-order valence-corrected chi connectivity index (χ0v) is 13.6. The van der Waals surface area contributed by atoms with Crippen LogP contribution in [0.2, 0.25) is 0 Å². The van der Waals surface area contributed by atoms with Crippen molar-refractivity contribution in [2.45, 2.75) is 18.3 Å². The third-order valence-corrected chi connectivity index (χ3v) is 3.55. The van der Waals surface area contributed by atoms with E-state index < -0.39 is 0 Å². The Balaban J connectivity index is 0.000000221. The van der Waals surface area contributed by atoms with Crippen LogP contribution in [0, 0.1) is 0 Å². The van der Waals surface area contributed by atoms with Gasteiger partial charge in [0.25, 0.3) is 0 Å². The Hall–Kier alpha value is -0.900. The lowest BCUT2D eigenvalue weighted by Gasteiger charge is -2.04. The van der Waals surface area contributed by atoms with Crippen molar-refractivity contribution in [3.05, 3.63) is 60.7 Å². The van der Waals surface area contributed by atoms with E-state index in [-0.39, 0.29) is 5.44 Å². The van der Waals surface area contributed by atoms with Crippen molar-refractivity contribution in [3.63, 3.8) is 0 Å². The fraction of sp³-hybridized carbons (Fsp3) is 0.294. The Morgan fingerprint density at radius 2 is 1.35 bits per heavy atom. The van der Waals surface area contributed by atoms with Crippen molar-refractivity contribution in [2.24, 2.45) is 0 Å². The van der Waals surface area contributed by atoms with Crippen LogP contribution in [0.4, 0.5) is 0 Å². The molecule has 0 aliphatic carbocycles. The number of hydrogen-bond donors (Lipinski definition) is 2. The lowest BCUT2D eigenvalue weighted by Crippen LogP contribution is -2.00. The summed E-state index contributed by atoms with van der Waals surface area (Å²) < 4.78 is 4.88. The SMILES string of the molecule is COC(S)CCCS.c1ccc(-c2ccccc2)cc1. The number of thiol groups is 2. The van der Waals surface area contributed by atoms with Crippen LogP contribution < -0.4 is 0 Å². The first kappa shape index (κ1) is 17.2. The molecule has 20 heavy (non-hydrogen) atoms. The van der Waals surface area contributed by atoms with Crippen molar-refractivity contribution in [3.8, 4) is 11.1 Å². The summed E-state index contributed by atoms with van der Waals surface area (Å²) >= 11 is 8.15.